The minimum absolute atomic E-state index is 0.140. The molecule has 7 nitrogen and oxygen atoms in total. The van der Waals surface area contributed by atoms with E-state index in [1.54, 1.807) is 0 Å². The van der Waals surface area contributed by atoms with Crippen LogP contribution in [0.3, 0.4) is 0 Å². The number of hydrogen-bond acceptors (Lipinski definition) is 6. The molecule has 0 saturated heterocycles. The third-order valence-corrected chi connectivity index (χ3v) is 4.41. The van der Waals surface area contributed by atoms with Crippen LogP contribution in [0.15, 0.2) is 34.3 Å². The van der Waals surface area contributed by atoms with Crippen LogP contribution < -0.4 is 5.32 Å². The molecule has 1 N–H and O–H groups in total. The standard InChI is InChI=1S/C13H11ClN4O3S/c14-8-1-2-10(11(5-8)18(20)21)16-12(19)6-9-7-22-13-15-3-4-17(9)13/h1-2,5,7H,3-4,6H2,(H,16,19). The molecule has 0 aliphatic carbocycles. The highest BCUT2D eigenvalue weighted by Crippen LogP contribution is 2.32. The number of aliphatic imine (C=N–C) groups is 1. The van der Waals surface area contributed by atoms with Gasteiger partial charge in [0, 0.05) is 23.3 Å². The number of hydrogen-bond donors (Lipinski definition) is 1. The second-order valence-corrected chi connectivity index (χ2v) is 5.96. The van der Waals surface area contributed by atoms with Crippen LogP contribution in [0.5, 0.6) is 0 Å². The van der Waals surface area contributed by atoms with Crippen molar-refractivity contribution in [2.45, 2.75) is 6.42 Å². The molecule has 2 aliphatic rings. The Labute approximate surface area is 135 Å². The van der Waals surface area contributed by atoms with E-state index < -0.39 is 4.92 Å². The highest BCUT2D eigenvalue weighted by Gasteiger charge is 2.27. The van der Waals surface area contributed by atoms with Gasteiger partial charge >= 0.3 is 0 Å². The Morgan fingerprint density at radius 3 is 3.14 bits per heavy atom. The molecule has 0 spiro atoms. The van der Waals surface area contributed by atoms with Gasteiger partial charge in [-0.2, -0.15) is 0 Å². The Bertz CT molecular complexity index is 719. The van der Waals surface area contributed by atoms with Crippen molar-refractivity contribution < 1.29 is 9.72 Å². The van der Waals surface area contributed by atoms with Crippen molar-refractivity contribution in [2.75, 3.05) is 18.4 Å². The minimum Gasteiger partial charge on any atom is -0.322 e. The molecule has 0 fully saturated rings. The highest BCUT2D eigenvalue weighted by molar-refractivity contribution is 8.16. The number of anilines is 1. The lowest BCUT2D eigenvalue weighted by Gasteiger charge is -2.16. The van der Waals surface area contributed by atoms with Crippen LogP contribution in [-0.4, -0.2) is 34.0 Å². The van der Waals surface area contributed by atoms with E-state index in [0.717, 1.165) is 24.0 Å². The number of nitro groups is 1. The van der Waals surface area contributed by atoms with Gasteiger partial charge in [-0.15, -0.1) is 0 Å². The number of amidine groups is 1. The second kappa shape index (κ2) is 5.98. The number of halogens is 1. The zero-order valence-electron chi connectivity index (χ0n) is 11.3. The van der Waals surface area contributed by atoms with Gasteiger partial charge in [0.1, 0.15) is 5.69 Å². The number of benzene rings is 1. The van der Waals surface area contributed by atoms with Crippen LogP contribution in [-0.2, 0) is 4.79 Å². The van der Waals surface area contributed by atoms with Gasteiger partial charge in [-0.25, -0.2) is 0 Å². The van der Waals surface area contributed by atoms with Crippen LogP contribution in [0.1, 0.15) is 6.42 Å². The Hall–Kier alpha value is -2.06. The van der Waals surface area contributed by atoms with Gasteiger partial charge in [0.2, 0.25) is 5.91 Å². The van der Waals surface area contributed by atoms with Crippen molar-refractivity contribution in [1.29, 1.82) is 0 Å². The first-order valence-corrected chi connectivity index (χ1v) is 7.72. The van der Waals surface area contributed by atoms with Crippen LogP contribution in [0.2, 0.25) is 5.02 Å². The zero-order chi connectivity index (χ0) is 15.7. The Balaban J connectivity index is 1.70. The van der Waals surface area contributed by atoms with Gasteiger partial charge in [-0.1, -0.05) is 23.4 Å². The van der Waals surface area contributed by atoms with Crippen molar-refractivity contribution >= 4 is 45.8 Å². The molecule has 3 rings (SSSR count). The quantitative estimate of drug-likeness (QED) is 0.673. The molecule has 0 bridgehead atoms. The molecule has 2 heterocycles. The molecule has 0 unspecified atom stereocenters. The van der Waals surface area contributed by atoms with Gasteiger partial charge in [0.05, 0.1) is 17.9 Å². The number of thioether (sulfide) groups is 1. The van der Waals surface area contributed by atoms with Crippen molar-refractivity contribution in [3.63, 3.8) is 0 Å². The molecule has 0 atom stereocenters. The largest absolute Gasteiger partial charge is 0.322 e. The molecule has 1 aromatic carbocycles. The van der Waals surface area contributed by atoms with E-state index in [0.29, 0.717) is 0 Å². The van der Waals surface area contributed by atoms with Crippen LogP contribution in [0, 0.1) is 10.1 Å². The molecule has 0 radical (unpaired) electrons. The topological polar surface area (TPSA) is 87.8 Å². The van der Waals surface area contributed by atoms with Gasteiger partial charge < -0.3 is 10.2 Å². The van der Waals surface area contributed by atoms with E-state index in [9.17, 15) is 14.9 Å². The number of carbonyl (C=O) groups excluding carboxylic acids is 1. The molecule has 9 heteroatoms. The summed E-state index contributed by atoms with van der Waals surface area (Å²) in [4.78, 5) is 28.9. The van der Waals surface area contributed by atoms with E-state index in [2.05, 4.69) is 10.3 Å². The molecular weight excluding hydrogens is 328 g/mol. The molecule has 1 amide bonds. The maximum Gasteiger partial charge on any atom is 0.294 e. The number of nitro benzene ring substituents is 1. The summed E-state index contributed by atoms with van der Waals surface area (Å²) in [6, 6.07) is 4.14. The SMILES string of the molecule is O=C(CC1=CSC2=NCCN12)Nc1ccc(Cl)cc1[N+](=O)[O-]. The molecule has 1 aromatic rings. The first kappa shape index (κ1) is 14.9. The summed E-state index contributed by atoms with van der Waals surface area (Å²) in [7, 11) is 0. The second-order valence-electron chi connectivity index (χ2n) is 4.69. The maximum absolute atomic E-state index is 12.1. The van der Waals surface area contributed by atoms with Crippen LogP contribution in [0.25, 0.3) is 0 Å². The third kappa shape index (κ3) is 2.93. The van der Waals surface area contributed by atoms with E-state index in [1.165, 1.54) is 30.0 Å². The van der Waals surface area contributed by atoms with E-state index in [1.807, 2.05) is 10.3 Å². The van der Waals surface area contributed by atoms with Gasteiger partial charge in [-0.05, 0) is 17.5 Å². The third-order valence-electron chi connectivity index (χ3n) is 3.22. The summed E-state index contributed by atoms with van der Waals surface area (Å²) < 4.78 is 0. The first-order chi connectivity index (χ1) is 10.5. The first-order valence-electron chi connectivity index (χ1n) is 6.46. The summed E-state index contributed by atoms with van der Waals surface area (Å²) in [5, 5.41) is 16.6. The minimum atomic E-state index is -0.572. The van der Waals surface area contributed by atoms with Crippen molar-refractivity contribution in [1.82, 2.24) is 4.90 Å². The summed E-state index contributed by atoms with van der Waals surface area (Å²) in [6.45, 7) is 1.49. The van der Waals surface area contributed by atoms with Crippen molar-refractivity contribution in [3.8, 4) is 0 Å². The lowest BCUT2D eigenvalue weighted by Crippen LogP contribution is -2.24. The predicted octanol–water partition coefficient (Wildman–Crippen LogP) is 2.84. The number of fused-ring (bicyclic) bond motifs is 1. The summed E-state index contributed by atoms with van der Waals surface area (Å²) in [5.41, 5.74) is 0.773. The fourth-order valence-electron chi connectivity index (χ4n) is 2.24. The molecule has 2 aliphatic heterocycles. The predicted molar refractivity (Wildman–Crippen MR) is 86.0 cm³/mol. The van der Waals surface area contributed by atoms with E-state index >= 15 is 0 Å². The number of nitrogens with zero attached hydrogens (tertiary/aromatic N) is 3. The fourth-order valence-corrected chi connectivity index (χ4v) is 3.36. The number of nitrogens with one attached hydrogen (secondary N) is 1. The number of carbonyl (C=O) groups is 1. The summed E-state index contributed by atoms with van der Waals surface area (Å²) >= 11 is 7.23. The average Bonchev–Trinajstić information content (AvgIpc) is 3.05. The van der Waals surface area contributed by atoms with E-state index in [4.69, 9.17) is 11.6 Å². The number of rotatable bonds is 4. The summed E-state index contributed by atoms with van der Waals surface area (Å²) in [6.07, 6.45) is 0.145. The zero-order valence-corrected chi connectivity index (χ0v) is 12.9. The smallest absolute Gasteiger partial charge is 0.294 e. The van der Waals surface area contributed by atoms with Crippen LogP contribution >= 0.6 is 23.4 Å². The molecule has 0 aromatic heterocycles. The Morgan fingerprint density at radius 2 is 2.36 bits per heavy atom. The lowest BCUT2D eigenvalue weighted by molar-refractivity contribution is -0.383. The van der Waals surface area contributed by atoms with Gasteiger partial charge in [0.15, 0.2) is 5.17 Å². The van der Waals surface area contributed by atoms with Crippen molar-refractivity contribution in [2.24, 2.45) is 4.99 Å². The van der Waals surface area contributed by atoms with E-state index in [-0.39, 0.29) is 28.7 Å². The normalized spacial score (nSPS) is 16.1. The molecule has 0 saturated carbocycles. The Morgan fingerprint density at radius 1 is 1.55 bits per heavy atom. The molecular formula is C13H11ClN4O3S. The number of amides is 1. The molecule has 114 valence electrons. The summed E-state index contributed by atoms with van der Waals surface area (Å²) in [5.74, 6) is -0.314. The highest BCUT2D eigenvalue weighted by atomic mass is 35.5. The fraction of sp³-hybridized carbons (Fsp3) is 0.231. The van der Waals surface area contributed by atoms with Crippen molar-refractivity contribution in [3.05, 3.63) is 44.4 Å². The molecule has 22 heavy (non-hydrogen) atoms. The lowest BCUT2D eigenvalue weighted by atomic mass is 10.2. The van der Waals surface area contributed by atoms with Gasteiger partial charge in [-0.3, -0.25) is 19.9 Å². The monoisotopic (exact) mass is 338 g/mol. The Kier molecular flexibility index (Phi) is 4.04. The van der Waals surface area contributed by atoms with Gasteiger partial charge in [0.25, 0.3) is 5.69 Å². The average molecular weight is 339 g/mol. The van der Waals surface area contributed by atoms with Crippen LogP contribution in [0.4, 0.5) is 11.4 Å². The maximum atomic E-state index is 12.1.